The highest BCUT2D eigenvalue weighted by atomic mass is 32.2. The van der Waals surface area contributed by atoms with E-state index in [9.17, 15) is 23.2 Å². The van der Waals surface area contributed by atoms with E-state index in [1.807, 2.05) is 34.0 Å². The van der Waals surface area contributed by atoms with Crippen LogP contribution in [0.25, 0.3) is 0 Å². The average molecular weight is 464 g/mol. The minimum absolute atomic E-state index is 0.0870. The third-order valence-electron chi connectivity index (χ3n) is 6.15. The second-order valence-corrected chi connectivity index (χ2v) is 13.1. The van der Waals surface area contributed by atoms with Gasteiger partial charge in [-0.1, -0.05) is 0 Å². The summed E-state index contributed by atoms with van der Waals surface area (Å²) in [6, 6.07) is -0.827. The highest BCUT2D eigenvalue weighted by Crippen LogP contribution is 2.40. The number of hydrogen-bond donors (Lipinski definition) is 3. The van der Waals surface area contributed by atoms with Crippen LogP contribution in [-0.2, 0) is 19.4 Å². The fraction of sp³-hybridized carbons (Fsp3) is 0.900. The summed E-state index contributed by atoms with van der Waals surface area (Å²) in [6.07, 6.45) is 4.27. The van der Waals surface area contributed by atoms with Crippen molar-refractivity contribution in [3.8, 4) is 0 Å². The third-order valence-corrected chi connectivity index (χ3v) is 8.51. The van der Waals surface area contributed by atoms with Crippen LogP contribution in [0.4, 0.5) is 0 Å². The van der Waals surface area contributed by atoms with E-state index in [0.717, 1.165) is 5.75 Å². The lowest BCUT2D eigenvalue weighted by Crippen LogP contribution is -2.61. The zero-order valence-corrected chi connectivity index (χ0v) is 20.4. The first kappa shape index (κ1) is 25.4. The molecule has 0 saturated carbocycles. The van der Waals surface area contributed by atoms with E-state index in [1.54, 1.807) is 11.8 Å². The Kier molecular flexibility index (Phi) is 8.26. The Morgan fingerprint density at radius 3 is 2.17 bits per heavy atom. The molecule has 2 heterocycles. The fourth-order valence-corrected chi connectivity index (χ4v) is 6.55. The Bertz CT molecular complexity index is 707. The standard InChI is InChI=1S/C20H37N3O5S2/c1-19(2)12-14(13-20(3,4)23(19)26)17(24)22-16(6-9-29-5)18(25)21-15-7-10-30(27,28)11-8-15/h14-16,26H,6-13H2,1-5H3,(H,21,25)(H,22,24). The minimum Gasteiger partial charge on any atom is -0.352 e. The second-order valence-electron chi connectivity index (χ2n) is 9.82. The van der Waals surface area contributed by atoms with Gasteiger partial charge in [-0.15, -0.1) is 0 Å². The van der Waals surface area contributed by atoms with Gasteiger partial charge in [-0.25, -0.2) is 8.42 Å². The van der Waals surface area contributed by atoms with Crippen LogP contribution in [0.5, 0.6) is 0 Å². The van der Waals surface area contributed by atoms with Gasteiger partial charge in [-0.05, 0) is 71.8 Å². The van der Waals surface area contributed by atoms with E-state index >= 15 is 0 Å². The molecule has 0 aromatic carbocycles. The predicted octanol–water partition coefficient (Wildman–Crippen LogP) is 1.58. The Balaban J connectivity index is 2.02. The molecule has 30 heavy (non-hydrogen) atoms. The summed E-state index contributed by atoms with van der Waals surface area (Å²) < 4.78 is 23.2. The van der Waals surface area contributed by atoms with Crippen molar-refractivity contribution in [1.29, 1.82) is 0 Å². The lowest BCUT2D eigenvalue weighted by molar-refractivity contribution is -0.249. The Labute approximate surface area is 184 Å². The molecule has 0 radical (unpaired) electrons. The third kappa shape index (κ3) is 6.58. The smallest absolute Gasteiger partial charge is 0.242 e. The van der Waals surface area contributed by atoms with Gasteiger partial charge in [0.15, 0.2) is 0 Å². The molecule has 0 spiro atoms. The van der Waals surface area contributed by atoms with Gasteiger partial charge in [0.25, 0.3) is 0 Å². The summed E-state index contributed by atoms with van der Waals surface area (Å²) in [5, 5.41) is 17.7. The van der Waals surface area contributed by atoms with Gasteiger partial charge in [0.05, 0.1) is 11.5 Å². The van der Waals surface area contributed by atoms with Crippen LogP contribution in [0.15, 0.2) is 0 Å². The number of hydrogen-bond acceptors (Lipinski definition) is 7. The number of rotatable bonds is 7. The molecule has 2 aliphatic heterocycles. The number of nitrogens with one attached hydrogen (secondary N) is 2. The van der Waals surface area contributed by atoms with Crippen molar-refractivity contribution in [3.05, 3.63) is 0 Å². The molecule has 174 valence electrons. The van der Waals surface area contributed by atoms with Crippen LogP contribution in [0.2, 0.25) is 0 Å². The highest BCUT2D eigenvalue weighted by Gasteiger charge is 2.47. The lowest BCUT2D eigenvalue weighted by Gasteiger charge is -2.51. The topological polar surface area (TPSA) is 116 Å². The predicted molar refractivity (Wildman–Crippen MR) is 119 cm³/mol. The molecular formula is C20H37N3O5S2. The summed E-state index contributed by atoms with van der Waals surface area (Å²) in [4.78, 5) is 25.9. The summed E-state index contributed by atoms with van der Waals surface area (Å²) in [6.45, 7) is 7.62. The van der Waals surface area contributed by atoms with E-state index in [2.05, 4.69) is 10.6 Å². The Hall–Kier alpha value is -0.840. The Morgan fingerprint density at radius 1 is 1.13 bits per heavy atom. The Morgan fingerprint density at radius 2 is 1.67 bits per heavy atom. The SMILES string of the molecule is CSCCC(NC(=O)C1CC(C)(C)N(O)C(C)(C)C1)C(=O)NC1CCS(=O)(=O)CC1. The first-order valence-electron chi connectivity index (χ1n) is 10.6. The molecule has 1 atom stereocenters. The maximum Gasteiger partial charge on any atom is 0.242 e. The first-order chi connectivity index (χ1) is 13.8. The maximum absolute atomic E-state index is 13.1. The van der Waals surface area contributed by atoms with Crippen LogP contribution in [-0.4, -0.2) is 77.2 Å². The van der Waals surface area contributed by atoms with Crippen molar-refractivity contribution >= 4 is 33.4 Å². The molecule has 2 aliphatic rings. The van der Waals surface area contributed by atoms with Crippen LogP contribution in [0.1, 0.15) is 59.8 Å². The van der Waals surface area contributed by atoms with Crippen molar-refractivity contribution in [2.24, 2.45) is 5.92 Å². The number of carbonyl (C=O) groups is 2. The summed E-state index contributed by atoms with van der Waals surface area (Å²) in [7, 11) is -2.99. The van der Waals surface area contributed by atoms with E-state index in [4.69, 9.17) is 0 Å². The summed E-state index contributed by atoms with van der Waals surface area (Å²) in [5.41, 5.74) is -1.09. The summed E-state index contributed by atoms with van der Waals surface area (Å²) in [5.74, 6) is 0.177. The van der Waals surface area contributed by atoms with Gasteiger partial charge >= 0.3 is 0 Å². The van der Waals surface area contributed by atoms with E-state index in [1.165, 1.54) is 5.06 Å². The zero-order chi connectivity index (χ0) is 22.7. The van der Waals surface area contributed by atoms with Gasteiger partial charge in [-0.2, -0.15) is 16.8 Å². The number of piperidine rings is 1. The molecule has 2 amide bonds. The molecule has 10 heteroatoms. The van der Waals surface area contributed by atoms with Crippen molar-refractivity contribution in [2.75, 3.05) is 23.5 Å². The van der Waals surface area contributed by atoms with Gasteiger partial charge in [0.2, 0.25) is 11.8 Å². The van der Waals surface area contributed by atoms with Gasteiger partial charge in [0.1, 0.15) is 15.9 Å². The number of carbonyl (C=O) groups excluding carboxylic acids is 2. The number of thioether (sulfide) groups is 1. The number of hydroxylamine groups is 2. The molecule has 2 rings (SSSR count). The number of nitrogens with zero attached hydrogens (tertiary/aromatic N) is 1. The van der Waals surface area contributed by atoms with Crippen LogP contribution >= 0.6 is 11.8 Å². The second kappa shape index (κ2) is 9.75. The average Bonchev–Trinajstić information content (AvgIpc) is 2.64. The highest BCUT2D eigenvalue weighted by molar-refractivity contribution is 7.98. The maximum atomic E-state index is 13.1. The molecule has 1 unspecified atom stereocenters. The monoisotopic (exact) mass is 463 g/mol. The fourth-order valence-electron chi connectivity index (χ4n) is 4.59. The quantitative estimate of drug-likeness (QED) is 0.525. The molecule has 0 aromatic heterocycles. The molecular weight excluding hydrogens is 426 g/mol. The lowest BCUT2D eigenvalue weighted by atomic mass is 9.75. The van der Waals surface area contributed by atoms with Gasteiger partial charge < -0.3 is 15.8 Å². The largest absolute Gasteiger partial charge is 0.352 e. The van der Waals surface area contributed by atoms with Gasteiger partial charge in [-0.3, -0.25) is 9.59 Å². The van der Waals surface area contributed by atoms with Crippen molar-refractivity contribution < 1.29 is 23.2 Å². The molecule has 3 N–H and O–H groups in total. The number of sulfone groups is 1. The summed E-state index contributed by atoms with van der Waals surface area (Å²) >= 11 is 1.61. The molecule has 2 saturated heterocycles. The molecule has 0 bridgehead atoms. The normalized spacial score (nSPS) is 25.4. The zero-order valence-electron chi connectivity index (χ0n) is 18.7. The van der Waals surface area contributed by atoms with E-state index in [-0.39, 0.29) is 35.3 Å². The van der Waals surface area contributed by atoms with Gasteiger partial charge in [0, 0.05) is 23.0 Å². The minimum atomic E-state index is -2.99. The van der Waals surface area contributed by atoms with Crippen LogP contribution in [0.3, 0.4) is 0 Å². The first-order valence-corrected chi connectivity index (χ1v) is 13.8. The molecule has 0 aromatic rings. The van der Waals surface area contributed by atoms with E-state index in [0.29, 0.717) is 32.1 Å². The molecule has 8 nitrogen and oxygen atoms in total. The molecule has 0 aliphatic carbocycles. The number of amides is 2. The van der Waals surface area contributed by atoms with E-state index < -0.39 is 27.0 Å². The van der Waals surface area contributed by atoms with Crippen molar-refractivity contribution in [1.82, 2.24) is 15.7 Å². The van der Waals surface area contributed by atoms with Crippen LogP contribution in [0, 0.1) is 5.92 Å². The van der Waals surface area contributed by atoms with Crippen molar-refractivity contribution in [2.45, 2.75) is 83.0 Å². The van der Waals surface area contributed by atoms with Crippen LogP contribution < -0.4 is 10.6 Å². The molecule has 2 fully saturated rings. The van der Waals surface area contributed by atoms with Crippen molar-refractivity contribution in [3.63, 3.8) is 0 Å².